The highest BCUT2D eigenvalue weighted by Crippen LogP contribution is 2.29. The molecule has 0 saturated heterocycles. The predicted octanol–water partition coefficient (Wildman–Crippen LogP) is 7.86. The zero-order valence-electron chi connectivity index (χ0n) is 20.0. The van der Waals surface area contributed by atoms with Gasteiger partial charge in [-0.3, -0.25) is 0 Å². The fourth-order valence-corrected chi connectivity index (χ4v) is 3.15. The largest absolute Gasteiger partial charge is 0.490 e. The Bertz CT molecular complexity index is 719. The molecule has 166 valence electrons. The smallest absolute Gasteiger partial charge is 0.162 e. The van der Waals surface area contributed by atoms with Gasteiger partial charge >= 0.3 is 0 Å². The fraction of sp³-hybridized carbons (Fsp3) is 0.593. The molecule has 1 aromatic rings. The number of allylic oxidation sites excluding steroid dienone is 4. The van der Waals surface area contributed by atoms with Crippen LogP contribution in [0.1, 0.15) is 85.6 Å². The van der Waals surface area contributed by atoms with Gasteiger partial charge in [-0.2, -0.15) is 5.26 Å². The van der Waals surface area contributed by atoms with Gasteiger partial charge in [0.25, 0.3) is 0 Å². The van der Waals surface area contributed by atoms with E-state index in [1.54, 1.807) is 12.1 Å². The van der Waals surface area contributed by atoms with Gasteiger partial charge in [-0.05, 0) is 90.2 Å². The highest BCUT2D eigenvalue weighted by molar-refractivity contribution is 5.46. The van der Waals surface area contributed by atoms with E-state index in [4.69, 9.17) is 9.47 Å². The summed E-state index contributed by atoms with van der Waals surface area (Å²) in [6.45, 7) is 14.4. The van der Waals surface area contributed by atoms with Crippen LogP contribution in [0.3, 0.4) is 0 Å². The van der Waals surface area contributed by atoms with Gasteiger partial charge in [-0.1, -0.05) is 37.1 Å². The summed E-state index contributed by atoms with van der Waals surface area (Å²) in [5, 5.41) is 9.22. The Labute approximate surface area is 184 Å². The minimum Gasteiger partial charge on any atom is -0.490 e. The van der Waals surface area contributed by atoms with E-state index in [0.29, 0.717) is 36.4 Å². The maximum atomic E-state index is 9.22. The molecule has 0 spiro atoms. The molecule has 0 heterocycles. The van der Waals surface area contributed by atoms with Gasteiger partial charge in [0.1, 0.15) is 0 Å². The summed E-state index contributed by atoms with van der Waals surface area (Å²) in [6, 6.07) is 7.64. The summed E-state index contributed by atoms with van der Waals surface area (Å²) in [5.74, 6) is 2.64. The molecule has 0 bridgehead atoms. The monoisotopic (exact) mass is 411 g/mol. The SMILES string of the molecule is CC(C)=CCC[C@@H](C)CCOc1ccc(C#N)cc1OCC[C@H](C)CCC=C(C)C. The molecule has 1 aromatic carbocycles. The topological polar surface area (TPSA) is 42.2 Å². The average Bonchev–Trinajstić information content (AvgIpc) is 2.68. The van der Waals surface area contributed by atoms with Gasteiger partial charge in [-0.25, -0.2) is 0 Å². The molecule has 3 nitrogen and oxygen atoms in total. The van der Waals surface area contributed by atoms with Crippen LogP contribution >= 0.6 is 0 Å². The second-order valence-electron chi connectivity index (χ2n) is 8.98. The lowest BCUT2D eigenvalue weighted by Gasteiger charge is -2.16. The van der Waals surface area contributed by atoms with Crippen molar-refractivity contribution >= 4 is 0 Å². The number of ether oxygens (including phenoxy) is 2. The lowest BCUT2D eigenvalue weighted by atomic mass is 10.0. The van der Waals surface area contributed by atoms with Gasteiger partial charge in [0.05, 0.1) is 24.8 Å². The minimum absolute atomic E-state index is 0.601. The van der Waals surface area contributed by atoms with Crippen LogP contribution in [-0.2, 0) is 0 Å². The van der Waals surface area contributed by atoms with Crippen molar-refractivity contribution in [2.45, 2.75) is 80.1 Å². The summed E-state index contributed by atoms with van der Waals surface area (Å²) in [7, 11) is 0. The van der Waals surface area contributed by atoms with Crippen molar-refractivity contribution in [3.63, 3.8) is 0 Å². The molecule has 0 aliphatic carbocycles. The minimum atomic E-state index is 0.601. The summed E-state index contributed by atoms with van der Waals surface area (Å²) in [5.41, 5.74) is 3.35. The molecule has 0 aliphatic heterocycles. The van der Waals surface area contributed by atoms with Crippen LogP contribution in [0.25, 0.3) is 0 Å². The molecule has 0 saturated carbocycles. The van der Waals surface area contributed by atoms with E-state index in [1.165, 1.54) is 24.0 Å². The molecule has 0 aliphatic rings. The Morgan fingerprint density at radius 1 is 0.833 bits per heavy atom. The van der Waals surface area contributed by atoms with Crippen molar-refractivity contribution in [1.29, 1.82) is 5.26 Å². The average molecular weight is 412 g/mol. The fourth-order valence-electron chi connectivity index (χ4n) is 3.15. The standard InChI is InChI=1S/C27H41NO2/c1-21(2)9-7-11-23(5)15-17-29-26-14-13-25(20-28)19-27(26)30-18-16-24(6)12-8-10-22(3)4/h9-10,13-14,19,23-24H,7-8,11-12,15-18H2,1-6H3/t23-,24-/m1/s1. The van der Waals surface area contributed by atoms with E-state index in [9.17, 15) is 5.26 Å². The number of benzene rings is 1. The van der Waals surface area contributed by atoms with Crippen molar-refractivity contribution in [3.8, 4) is 17.6 Å². The van der Waals surface area contributed by atoms with Crippen LogP contribution in [0.2, 0.25) is 0 Å². The van der Waals surface area contributed by atoms with Crippen molar-refractivity contribution in [2.75, 3.05) is 13.2 Å². The number of hydrogen-bond acceptors (Lipinski definition) is 3. The normalized spacial score (nSPS) is 12.4. The lowest BCUT2D eigenvalue weighted by Crippen LogP contribution is -2.08. The maximum absolute atomic E-state index is 9.22. The molecular formula is C27H41NO2. The van der Waals surface area contributed by atoms with Gasteiger partial charge in [0.15, 0.2) is 11.5 Å². The zero-order chi connectivity index (χ0) is 22.4. The van der Waals surface area contributed by atoms with E-state index in [2.05, 4.69) is 59.8 Å². The van der Waals surface area contributed by atoms with E-state index < -0.39 is 0 Å². The molecular weight excluding hydrogens is 370 g/mol. The van der Waals surface area contributed by atoms with Crippen LogP contribution in [0.15, 0.2) is 41.5 Å². The Hall–Kier alpha value is -2.21. The second-order valence-corrected chi connectivity index (χ2v) is 8.98. The van der Waals surface area contributed by atoms with E-state index in [-0.39, 0.29) is 0 Å². The number of hydrogen-bond donors (Lipinski definition) is 0. The van der Waals surface area contributed by atoms with Crippen LogP contribution in [0.5, 0.6) is 11.5 Å². The molecule has 0 unspecified atom stereocenters. The van der Waals surface area contributed by atoms with Crippen LogP contribution in [0.4, 0.5) is 0 Å². The van der Waals surface area contributed by atoms with Crippen LogP contribution in [0, 0.1) is 23.2 Å². The first-order valence-electron chi connectivity index (χ1n) is 11.4. The van der Waals surface area contributed by atoms with Crippen LogP contribution < -0.4 is 9.47 Å². The van der Waals surface area contributed by atoms with Crippen molar-refractivity contribution in [2.24, 2.45) is 11.8 Å². The van der Waals surface area contributed by atoms with E-state index >= 15 is 0 Å². The Morgan fingerprint density at radius 3 is 1.80 bits per heavy atom. The van der Waals surface area contributed by atoms with E-state index in [1.807, 2.05) is 6.07 Å². The third kappa shape index (κ3) is 11.7. The third-order valence-electron chi connectivity index (χ3n) is 5.23. The van der Waals surface area contributed by atoms with E-state index in [0.717, 1.165) is 31.4 Å². The number of rotatable bonds is 14. The van der Waals surface area contributed by atoms with Gasteiger partial charge in [0, 0.05) is 6.07 Å². The predicted molar refractivity (Wildman–Crippen MR) is 127 cm³/mol. The quantitative estimate of drug-likeness (QED) is 0.293. The first kappa shape index (κ1) is 25.8. The third-order valence-corrected chi connectivity index (χ3v) is 5.23. The molecule has 1 rings (SSSR count). The maximum Gasteiger partial charge on any atom is 0.162 e. The lowest BCUT2D eigenvalue weighted by molar-refractivity contribution is 0.239. The summed E-state index contributed by atoms with van der Waals surface area (Å²) in [6.07, 6.45) is 11.2. The van der Waals surface area contributed by atoms with Gasteiger partial charge in [-0.15, -0.1) is 0 Å². The zero-order valence-corrected chi connectivity index (χ0v) is 20.0. The van der Waals surface area contributed by atoms with Crippen molar-refractivity contribution in [1.82, 2.24) is 0 Å². The molecule has 3 heteroatoms. The summed E-state index contributed by atoms with van der Waals surface area (Å²) >= 11 is 0. The first-order chi connectivity index (χ1) is 14.3. The molecule has 0 N–H and O–H groups in total. The van der Waals surface area contributed by atoms with Crippen molar-refractivity contribution in [3.05, 3.63) is 47.1 Å². The van der Waals surface area contributed by atoms with Gasteiger partial charge in [0.2, 0.25) is 0 Å². The molecule has 0 amide bonds. The second kappa shape index (κ2) is 14.7. The Morgan fingerprint density at radius 2 is 1.33 bits per heavy atom. The number of nitriles is 1. The molecule has 30 heavy (non-hydrogen) atoms. The summed E-state index contributed by atoms with van der Waals surface area (Å²) < 4.78 is 12.1. The highest BCUT2D eigenvalue weighted by Gasteiger charge is 2.10. The molecule has 0 radical (unpaired) electrons. The molecule has 0 aromatic heterocycles. The number of nitrogens with zero attached hydrogens (tertiary/aromatic N) is 1. The highest BCUT2D eigenvalue weighted by atomic mass is 16.5. The van der Waals surface area contributed by atoms with Crippen LogP contribution in [-0.4, -0.2) is 13.2 Å². The van der Waals surface area contributed by atoms with Gasteiger partial charge < -0.3 is 9.47 Å². The first-order valence-corrected chi connectivity index (χ1v) is 11.4. The Balaban J connectivity index is 2.51. The Kier molecular flexibility index (Phi) is 12.7. The molecule has 0 fully saturated rings. The summed E-state index contributed by atoms with van der Waals surface area (Å²) in [4.78, 5) is 0. The van der Waals surface area contributed by atoms with Crippen molar-refractivity contribution < 1.29 is 9.47 Å². The molecule has 2 atom stereocenters.